The van der Waals surface area contributed by atoms with Crippen molar-refractivity contribution in [1.82, 2.24) is 0 Å². The molecular weight excluding hydrogens is 495 g/mol. The van der Waals surface area contributed by atoms with Crippen molar-refractivity contribution in [2.24, 2.45) is 0 Å². The molecule has 0 amide bonds. The topological polar surface area (TPSA) is 0 Å². The molecule has 2 atom stereocenters. The van der Waals surface area contributed by atoms with Gasteiger partial charge in [0.1, 0.15) is 0 Å². The third kappa shape index (κ3) is 2.64. The zero-order chi connectivity index (χ0) is 18.7. The molecule has 0 aliphatic heterocycles. The molecule has 2 aromatic rings. The van der Waals surface area contributed by atoms with E-state index in [4.69, 9.17) is 0 Å². The molecule has 0 heterocycles. The minimum absolute atomic E-state index is 0.792. The van der Waals surface area contributed by atoms with Gasteiger partial charge >= 0.3 is 169 Å². The molecule has 0 aromatic heterocycles. The van der Waals surface area contributed by atoms with Gasteiger partial charge in [0.05, 0.1) is 0 Å². The van der Waals surface area contributed by atoms with E-state index in [9.17, 15) is 0 Å². The van der Waals surface area contributed by atoms with Crippen LogP contribution in [-0.2, 0) is 20.6 Å². The van der Waals surface area contributed by atoms with Crippen molar-refractivity contribution in [3.63, 3.8) is 0 Å². The van der Waals surface area contributed by atoms with E-state index in [2.05, 4.69) is 78.0 Å². The van der Waals surface area contributed by atoms with Crippen LogP contribution in [0.25, 0.3) is 12.2 Å². The van der Waals surface area contributed by atoms with E-state index in [0.717, 1.165) is 7.35 Å². The first kappa shape index (κ1) is 18.4. The standard InChI is InChI=1S/2C12H13.Hf.H3Si/c2*1-8-6-11-9(2)4-5-10(3)12(11)7-8;;/h2*4-7H,1-3H3;;1H3. The molecule has 2 aliphatic carbocycles. The van der Waals surface area contributed by atoms with Crippen LogP contribution in [0.15, 0.2) is 35.4 Å². The molecule has 2 aromatic carbocycles. The van der Waals surface area contributed by atoms with Crippen LogP contribution in [0.3, 0.4) is 0 Å². The number of fused-ring (bicyclic) bond motifs is 2. The number of hydrogen-bond donors (Lipinski definition) is 0. The fourth-order valence-corrected chi connectivity index (χ4v) is 30.4. The first-order valence-electron chi connectivity index (χ1n) is 9.71. The van der Waals surface area contributed by atoms with Gasteiger partial charge in [0, 0.05) is 0 Å². The summed E-state index contributed by atoms with van der Waals surface area (Å²) in [4.78, 5) is 0. The van der Waals surface area contributed by atoms with E-state index >= 15 is 0 Å². The first-order chi connectivity index (χ1) is 12.3. The monoisotopic (exact) mass is 525 g/mol. The molecule has 0 nitrogen and oxygen atoms in total. The van der Waals surface area contributed by atoms with E-state index < -0.39 is 20.6 Å². The van der Waals surface area contributed by atoms with Gasteiger partial charge in [-0.15, -0.1) is 0 Å². The van der Waals surface area contributed by atoms with Crippen molar-refractivity contribution in [3.8, 4) is 0 Å². The van der Waals surface area contributed by atoms with Gasteiger partial charge in [-0.1, -0.05) is 0 Å². The molecule has 2 unspecified atom stereocenters. The van der Waals surface area contributed by atoms with Gasteiger partial charge in [0.25, 0.3) is 0 Å². The molecule has 0 N–H and O–H groups in total. The van der Waals surface area contributed by atoms with Crippen LogP contribution in [-0.4, -0.2) is 7.43 Å². The van der Waals surface area contributed by atoms with Crippen LogP contribution in [0.2, 0.25) is 0 Å². The summed E-state index contributed by atoms with van der Waals surface area (Å²) in [6.45, 7) is 14.0. The summed E-state index contributed by atoms with van der Waals surface area (Å²) in [5.41, 5.74) is 15.8. The van der Waals surface area contributed by atoms with E-state index in [-0.39, 0.29) is 0 Å². The Bertz CT molecular complexity index is 901. The Morgan fingerprint density at radius 2 is 0.962 bits per heavy atom. The van der Waals surface area contributed by atoms with Gasteiger partial charge in [-0.3, -0.25) is 0 Å². The third-order valence-corrected chi connectivity index (χ3v) is 27.9. The molecule has 0 saturated heterocycles. The minimum atomic E-state index is -1.89. The van der Waals surface area contributed by atoms with Gasteiger partial charge in [-0.05, 0) is 0 Å². The Morgan fingerprint density at radius 3 is 1.35 bits per heavy atom. The normalized spacial score (nSPS) is 20.7. The predicted octanol–water partition coefficient (Wildman–Crippen LogP) is 5.44. The number of hydrogen-bond acceptors (Lipinski definition) is 0. The van der Waals surface area contributed by atoms with Gasteiger partial charge in [0.15, 0.2) is 0 Å². The summed E-state index contributed by atoms with van der Waals surface area (Å²) >= 11 is -1.89. The molecule has 0 bridgehead atoms. The summed E-state index contributed by atoms with van der Waals surface area (Å²) < 4.78 is 1.58. The van der Waals surface area contributed by atoms with Gasteiger partial charge in [-0.2, -0.15) is 0 Å². The van der Waals surface area contributed by atoms with Crippen LogP contribution in [0.1, 0.15) is 65.7 Å². The Hall–Kier alpha value is -0.993. The van der Waals surface area contributed by atoms with E-state index in [1.807, 2.05) is 0 Å². The Balaban J connectivity index is 1.84. The number of benzene rings is 2. The zero-order valence-corrected chi connectivity index (χ0v) is 22.7. The van der Waals surface area contributed by atoms with Crippen LogP contribution in [0.4, 0.5) is 0 Å². The van der Waals surface area contributed by atoms with Crippen LogP contribution >= 0.6 is 0 Å². The molecule has 0 saturated carbocycles. The number of rotatable bonds is 2. The SMILES string of the molecule is CC1=Cc2c(C)ccc(C)c2[CH]1[Hf]([SiH3])[CH]1C(C)=Cc2c(C)ccc(C)c21. The van der Waals surface area contributed by atoms with Gasteiger partial charge < -0.3 is 0 Å². The van der Waals surface area contributed by atoms with Gasteiger partial charge in [-0.25, -0.2) is 0 Å². The molecular formula is C24H29HfSi. The average molecular weight is 524 g/mol. The van der Waals surface area contributed by atoms with Crippen molar-refractivity contribution in [2.45, 2.75) is 48.9 Å². The second-order valence-electron chi connectivity index (χ2n) is 8.44. The molecule has 26 heavy (non-hydrogen) atoms. The molecule has 4 rings (SSSR count). The maximum atomic E-state index is 2.52. The molecule has 2 heteroatoms. The number of allylic oxidation sites excluding steroid dienone is 2. The molecule has 133 valence electrons. The fraction of sp³-hybridized carbons (Fsp3) is 0.333. The van der Waals surface area contributed by atoms with Crippen molar-refractivity contribution < 1.29 is 20.6 Å². The Morgan fingerprint density at radius 1 is 0.615 bits per heavy atom. The first-order valence-corrected chi connectivity index (χ1v) is 25.6. The molecule has 0 spiro atoms. The second kappa shape index (κ2) is 6.56. The molecule has 2 aliphatic rings. The summed E-state index contributed by atoms with van der Waals surface area (Å²) in [5, 5.41) is 0. The van der Waals surface area contributed by atoms with E-state index in [1.165, 1.54) is 29.7 Å². The maximum absolute atomic E-state index is 2.52. The summed E-state index contributed by atoms with van der Waals surface area (Å²) in [5.74, 6) is 0. The van der Waals surface area contributed by atoms with Crippen molar-refractivity contribution in [2.75, 3.05) is 0 Å². The van der Waals surface area contributed by atoms with E-state index in [1.54, 1.807) is 33.4 Å². The second-order valence-corrected chi connectivity index (χ2v) is 27.4. The summed E-state index contributed by atoms with van der Waals surface area (Å²) in [6, 6.07) is 9.33. The van der Waals surface area contributed by atoms with Crippen molar-refractivity contribution in [1.29, 1.82) is 0 Å². The quantitative estimate of drug-likeness (QED) is 0.460. The fourth-order valence-electron chi connectivity index (χ4n) is 5.28. The van der Waals surface area contributed by atoms with Crippen LogP contribution in [0, 0.1) is 27.7 Å². The third-order valence-electron chi connectivity index (χ3n) is 6.59. The average Bonchev–Trinajstić information content (AvgIpc) is 3.13. The zero-order valence-electron chi connectivity index (χ0n) is 17.1. The predicted molar refractivity (Wildman–Crippen MR) is 115 cm³/mol. The van der Waals surface area contributed by atoms with Crippen molar-refractivity contribution in [3.05, 3.63) is 79.9 Å². The van der Waals surface area contributed by atoms with E-state index in [0.29, 0.717) is 0 Å². The number of aryl methyl sites for hydroxylation is 4. The Labute approximate surface area is 168 Å². The van der Waals surface area contributed by atoms with Crippen molar-refractivity contribution >= 4 is 19.6 Å². The molecule has 0 radical (unpaired) electrons. The van der Waals surface area contributed by atoms with Crippen LogP contribution in [0.5, 0.6) is 0 Å². The summed E-state index contributed by atoms with van der Waals surface area (Å²) in [6.07, 6.45) is 5.03. The summed E-state index contributed by atoms with van der Waals surface area (Å²) in [7, 11) is 1.41. The van der Waals surface area contributed by atoms with Crippen LogP contribution < -0.4 is 0 Å². The Kier molecular flexibility index (Phi) is 4.64. The molecule has 0 fully saturated rings. The van der Waals surface area contributed by atoms with Gasteiger partial charge in [0.2, 0.25) is 0 Å².